The van der Waals surface area contributed by atoms with Crippen LogP contribution in [0.2, 0.25) is 0 Å². The number of rotatable bonds is 3. The maximum Gasteiger partial charge on any atom is 0.224 e. The minimum atomic E-state index is 0.198. The predicted molar refractivity (Wildman–Crippen MR) is 63.2 cm³/mol. The third kappa shape index (κ3) is 2.09. The number of carbonyl (C=O) groups is 1. The second-order valence-corrected chi connectivity index (χ2v) is 5.17. The molecule has 1 saturated heterocycles. The van der Waals surface area contributed by atoms with Gasteiger partial charge < -0.3 is 15.1 Å². The third-order valence-corrected chi connectivity index (χ3v) is 4.12. The summed E-state index contributed by atoms with van der Waals surface area (Å²) in [6, 6.07) is 3.72. The van der Waals surface area contributed by atoms with Gasteiger partial charge in [-0.2, -0.15) is 0 Å². The molecule has 1 aromatic rings. The number of hydrogen-bond acceptors (Lipinski definition) is 3. The molecular formula is C13H18N2O2. The van der Waals surface area contributed by atoms with Crippen LogP contribution >= 0.6 is 0 Å². The minimum absolute atomic E-state index is 0.198. The first-order chi connectivity index (χ1) is 8.30. The van der Waals surface area contributed by atoms with E-state index in [4.69, 9.17) is 4.42 Å². The third-order valence-electron chi connectivity index (χ3n) is 4.12. The fourth-order valence-electron chi connectivity index (χ4n) is 2.91. The van der Waals surface area contributed by atoms with Gasteiger partial charge in [0.2, 0.25) is 5.91 Å². The van der Waals surface area contributed by atoms with Gasteiger partial charge in [0, 0.05) is 5.92 Å². The molecule has 1 aliphatic heterocycles. The Morgan fingerprint density at radius 1 is 1.53 bits per heavy atom. The Balaban J connectivity index is 1.51. The number of nitrogens with one attached hydrogen (secondary N) is 2. The molecule has 0 radical (unpaired) electrons. The zero-order valence-electron chi connectivity index (χ0n) is 9.87. The highest BCUT2D eigenvalue weighted by molar-refractivity contribution is 5.82. The molecule has 1 spiro atoms. The summed E-state index contributed by atoms with van der Waals surface area (Å²) >= 11 is 0. The van der Waals surface area contributed by atoms with E-state index in [-0.39, 0.29) is 11.8 Å². The Labute approximate surface area is 101 Å². The smallest absolute Gasteiger partial charge is 0.224 e. The summed E-state index contributed by atoms with van der Waals surface area (Å²) in [5, 5.41) is 6.31. The molecule has 0 unspecified atom stereocenters. The monoisotopic (exact) mass is 234 g/mol. The van der Waals surface area contributed by atoms with Crippen LogP contribution < -0.4 is 10.6 Å². The van der Waals surface area contributed by atoms with E-state index in [9.17, 15) is 4.79 Å². The van der Waals surface area contributed by atoms with Gasteiger partial charge in [-0.1, -0.05) is 0 Å². The summed E-state index contributed by atoms with van der Waals surface area (Å²) < 4.78 is 5.20. The molecule has 1 saturated carbocycles. The van der Waals surface area contributed by atoms with Crippen molar-refractivity contribution < 1.29 is 9.21 Å². The van der Waals surface area contributed by atoms with Crippen LogP contribution in [0.4, 0.5) is 0 Å². The van der Waals surface area contributed by atoms with Crippen LogP contribution in [0.1, 0.15) is 25.0 Å². The average Bonchev–Trinajstić information content (AvgIpc) is 2.82. The number of carbonyl (C=O) groups excluding carboxylic acids is 1. The molecule has 3 rings (SSSR count). The molecule has 2 fully saturated rings. The number of hydrogen-bond donors (Lipinski definition) is 2. The van der Waals surface area contributed by atoms with E-state index in [1.807, 2.05) is 12.1 Å². The highest BCUT2D eigenvalue weighted by Gasteiger charge is 2.57. The lowest BCUT2D eigenvalue weighted by Crippen LogP contribution is -2.33. The Morgan fingerprint density at radius 2 is 2.35 bits per heavy atom. The van der Waals surface area contributed by atoms with E-state index in [1.54, 1.807) is 6.26 Å². The van der Waals surface area contributed by atoms with E-state index in [0.717, 1.165) is 38.1 Å². The number of amides is 1. The Hall–Kier alpha value is -1.29. The minimum Gasteiger partial charge on any atom is -0.467 e. The predicted octanol–water partition coefficient (Wildman–Crippen LogP) is 1.29. The molecule has 4 heteroatoms. The van der Waals surface area contributed by atoms with Crippen LogP contribution in [0.15, 0.2) is 22.8 Å². The fourth-order valence-corrected chi connectivity index (χ4v) is 2.91. The molecule has 1 atom stereocenters. The van der Waals surface area contributed by atoms with E-state index in [0.29, 0.717) is 12.0 Å². The molecule has 1 amide bonds. The summed E-state index contributed by atoms with van der Waals surface area (Å²) in [7, 11) is 0. The summed E-state index contributed by atoms with van der Waals surface area (Å²) in [6.07, 6.45) is 4.99. The molecule has 2 heterocycles. The molecule has 0 bridgehead atoms. The lowest BCUT2D eigenvalue weighted by atomic mass is 9.92. The quantitative estimate of drug-likeness (QED) is 0.828. The highest BCUT2D eigenvalue weighted by Crippen LogP contribution is 2.58. The molecule has 2 N–H and O–H groups in total. The zero-order valence-corrected chi connectivity index (χ0v) is 9.87. The van der Waals surface area contributed by atoms with Crippen molar-refractivity contribution in [1.29, 1.82) is 0 Å². The summed E-state index contributed by atoms with van der Waals surface area (Å²) in [4.78, 5) is 12.0. The van der Waals surface area contributed by atoms with Crippen LogP contribution in [-0.4, -0.2) is 19.0 Å². The maximum atomic E-state index is 12.0. The number of furan rings is 1. The normalized spacial score (nSPS) is 25.8. The highest BCUT2D eigenvalue weighted by atomic mass is 16.3. The van der Waals surface area contributed by atoms with Crippen molar-refractivity contribution in [3.05, 3.63) is 24.2 Å². The van der Waals surface area contributed by atoms with Crippen LogP contribution in [-0.2, 0) is 11.3 Å². The molecular weight excluding hydrogens is 216 g/mol. The topological polar surface area (TPSA) is 54.3 Å². The van der Waals surface area contributed by atoms with Gasteiger partial charge in [-0.15, -0.1) is 0 Å². The first kappa shape index (κ1) is 10.8. The molecule has 4 nitrogen and oxygen atoms in total. The lowest BCUT2D eigenvalue weighted by Gasteiger charge is -2.23. The standard InChI is InChI=1S/C13H18N2O2/c16-12(15-9-10-2-1-7-17-10)11-8-13(11)3-5-14-6-4-13/h1-2,7,11,14H,3-6,8-9H2,(H,15,16)/t11-/m1/s1. The van der Waals surface area contributed by atoms with Crippen molar-refractivity contribution in [2.24, 2.45) is 11.3 Å². The van der Waals surface area contributed by atoms with Crippen molar-refractivity contribution in [2.45, 2.75) is 25.8 Å². The van der Waals surface area contributed by atoms with Crippen molar-refractivity contribution in [3.63, 3.8) is 0 Å². The molecule has 2 aliphatic rings. The van der Waals surface area contributed by atoms with Crippen molar-refractivity contribution in [2.75, 3.05) is 13.1 Å². The first-order valence-corrected chi connectivity index (χ1v) is 6.31. The molecule has 17 heavy (non-hydrogen) atoms. The van der Waals surface area contributed by atoms with Gasteiger partial charge in [0.25, 0.3) is 0 Å². The Bertz CT molecular complexity index is 394. The Morgan fingerprint density at radius 3 is 3.06 bits per heavy atom. The van der Waals surface area contributed by atoms with Gasteiger partial charge >= 0.3 is 0 Å². The zero-order chi connectivity index (χ0) is 11.7. The second kappa shape index (κ2) is 4.18. The second-order valence-electron chi connectivity index (χ2n) is 5.17. The molecule has 1 aliphatic carbocycles. The van der Waals surface area contributed by atoms with E-state index >= 15 is 0 Å². The molecule has 0 aromatic carbocycles. The van der Waals surface area contributed by atoms with E-state index in [1.165, 1.54) is 0 Å². The van der Waals surface area contributed by atoms with Gasteiger partial charge in [0.05, 0.1) is 12.8 Å². The summed E-state index contributed by atoms with van der Waals surface area (Å²) in [5.41, 5.74) is 0.318. The lowest BCUT2D eigenvalue weighted by molar-refractivity contribution is -0.123. The summed E-state index contributed by atoms with van der Waals surface area (Å²) in [6.45, 7) is 2.63. The van der Waals surface area contributed by atoms with E-state index in [2.05, 4.69) is 10.6 Å². The van der Waals surface area contributed by atoms with Crippen LogP contribution in [0.3, 0.4) is 0 Å². The van der Waals surface area contributed by atoms with Crippen molar-refractivity contribution in [3.8, 4) is 0 Å². The Kier molecular flexibility index (Phi) is 2.67. The van der Waals surface area contributed by atoms with Crippen LogP contribution in [0.5, 0.6) is 0 Å². The van der Waals surface area contributed by atoms with Crippen molar-refractivity contribution in [1.82, 2.24) is 10.6 Å². The first-order valence-electron chi connectivity index (χ1n) is 6.31. The van der Waals surface area contributed by atoms with Crippen molar-refractivity contribution >= 4 is 5.91 Å². The van der Waals surface area contributed by atoms with Gasteiger partial charge in [-0.25, -0.2) is 0 Å². The SMILES string of the molecule is O=C(NCc1ccco1)[C@H]1CC12CCNCC2. The van der Waals surface area contributed by atoms with E-state index < -0.39 is 0 Å². The maximum absolute atomic E-state index is 12.0. The fraction of sp³-hybridized carbons (Fsp3) is 0.615. The van der Waals surface area contributed by atoms with Gasteiger partial charge in [0.1, 0.15) is 5.76 Å². The molecule has 92 valence electrons. The largest absolute Gasteiger partial charge is 0.467 e. The van der Waals surface area contributed by atoms with Gasteiger partial charge in [0.15, 0.2) is 0 Å². The van der Waals surface area contributed by atoms with Crippen LogP contribution in [0.25, 0.3) is 0 Å². The summed E-state index contributed by atoms with van der Waals surface area (Å²) in [5.74, 6) is 1.25. The average molecular weight is 234 g/mol. The van der Waals surface area contributed by atoms with Gasteiger partial charge in [-0.3, -0.25) is 4.79 Å². The van der Waals surface area contributed by atoms with Gasteiger partial charge in [-0.05, 0) is 49.9 Å². The molecule has 1 aromatic heterocycles. The number of piperidine rings is 1. The van der Waals surface area contributed by atoms with Crippen LogP contribution in [0, 0.1) is 11.3 Å².